The normalized spacial score (nSPS) is 26.9. The molecule has 1 saturated heterocycles. The Morgan fingerprint density at radius 2 is 1.64 bits per heavy atom. The first-order valence-corrected chi connectivity index (χ1v) is 8.29. The van der Waals surface area contributed by atoms with Gasteiger partial charge in [-0.05, 0) is 58.6 Å². The van der Waals surface area contributed by atoms with Crippen LogP contribution in [0.25, 0.3) is 11.1 Å². The predicted molar refractivity (Wildman–Crippen MR) is 91.8 cm³/mol. The van der Waals surface area contributed by atoms with E-state index in [-0.39, 0.29) is 0 Å². The zero-order valence-electron chi connectivity index (χ0n) is 13.7. The molecule has 2 aromatic rings. The molecular formula is C20H24N2. The summed E-state index contributed by atoms with van der Waals surface area (Å²) in [4.78, 5) is 6.68. The second-order valence-electron chi connectivity index (χ2n) is 7.91. The number of nitrogens with zero attached hydrogens (tertiary/aromatic N) is 2. The highest BCUT2D eigenvalue weighted by molar-refractivity contribution is 5.68. The molecule has 1 aromatic carbocycles. The molecule has 2 nitrogen and oxygen atoms in total. The van der Waals surface area contributed by atoms with Crippen molar-refractivity contribution in [2.24, 2.45) is 23.2 Å². The Balaban J connectivity index is 1.52. The maximum atomic E-state index is 4.11. The third-order valence-electron chi connectivity index (χ3n) is 5.42. The molecule has 2 fully saturated rings. The number of benzene rings is 1. The van der Waals surface area contributed by atoms with Crippen molar-refractivity contribution in [2.45, 2.75) is 20.8 Å². The number of anilines is 1. The molecule has 4 rings (SSSR count). The van der Waals surface area contributed by atoms with Crippen molar-refractivity contribution < 1.29 is 0 Å². The van der Waals surface area contributed by atoms with Crippen LogP contribution in [0.4, 0.5) is 5.69 Å². The van der Waals surface area contributed by atoms with Gasteiger partial charge >= 0.3 is 0 Å². The van der Waals surface area contributed by atoms with Crippen LogP contribution in [0.5, 0.6) is 0 Å². The number of fused-ring (bicyclic) bond motifs is 1. The molecule has 1 saturated carbocycles. The summed E-state index contributed by atoms with van der Waals surface area (Å²) >= 11 is 0. The van der Waals surface area contributed by atoms with E-state index in [1.807, 2.05) is 12.4 Å². The van der Waals surface area contributed by atoms with Gasteiger partial charge in [-0.25, -0.2) is 0 Å². The fourth-order valence-electron chi connectivity index (χ4n) is 4.45. The van der Waals surface area contributed by atoms with Crippen LogP contribution in [0.3, 0.4) is 0 Å². The molecule has 2 unspecified atom stereocenters. The van der Waals surface area contributed by atoms with E-state index in [0.717, 1.165) is 17.8 Å². The molecule has 114 valence electrons. The summed E-state index contributed by atoms with van der Waals surface area (Å²) in [6, 6.07) is 13.1. The van der Waals surface area contributed by atoms with Gasteiger partial charge in [-0.1, -0.05) is 32.9 Å². The van der Waals surface area contributed by atoms with Gasteiger partial charge in [0.2, 0.25) is 0 Å². The Hall–Kier alpha value is -1.83. The van der Waals surface area contributed by atoms with Crippen molar-refractivity contribution in [1.29, 1.82) is 0 Å². The summed E-state index contributed by atoms with van der Waals surface area (Å²) in [6.45, 7) is 9.64. The van der Waals surface area contributed by atoms with E-state index < -0.39 is 0 Å². The van der Waals surface area contributed by atoms with E-state index in [0.29, 0.717) is 5.41 Å². The largest absolute Gasteiger partial charge is 0.371 e. The monoisotopic (exact) mass is 292 g/mol. The third-order valence-corrected chi connectivity index (χ3v) is 5.42. The van der Waals surface area contributed by atoms with Crippen LogP contribution in [0.2, 0.25) is 0 Å². The van der Waals surface area contributed by atoms with Gasteiger partial charge in [0.05, 0.1) is 0 Å². The first-order valence-electron chi connectivity index (χ1n) is 8.29. The van der Waals surface area contributed by atoms with Gasteiger partial charge in [-0.2, -0.15) is 0 Å². The summed E-state index contributed by atoms with van der Waals surface area (Å²) in [6.07, 6.45) is 3.72. The molecule has 22 heavy (non-hydrogen) atoms. The van der Waals surface area contributed by atoms with Crippen LogP contribution in [-0.2, 0) is 0 Å². The Morgan fingerprint density at radius 3 is 2.27 bits per heavy atom. The van der Waals surface area contributed by atoms with E-state index in [1.54, 1.807) is 0 Å². The lowest BCUT2D eigenvalue weighted by atomic mass is 9.87. The lowest BCUT2D eigenvalue weighted by Crippen LogP contribution is -2.27. The third kappa shape index (κ3) is 2.31. The van der Waals surface area contributed by atoms with E-state index in [2.05, 4.69) is 67.1 Å². The highest BCUT2D eigenvalue weighted by Crippen LogP contribution is 2.60. The smallest absolute Gasteiger partial charge is 0.0372 e. The molecule has 1 aromatic heterocycles. The molecule has 2 aliphatic rings. The molecule has 0 N–H and O–H groups in total. The highest BCUT2D eigenvalue weighted by Gasteiger charge is 2.59. The topological polar surface area (TPSA) is 16.1 Å². The van der Waals surface area contributed by atoms with Crippen LogP contribution in [0.1, 0.15) is 20.8 Å². The molecule has 2 heterocycles. The van der Waals surface area contributed by atoms with E-state index in [9.17, 15) is 0 Å². The van der Waals surface area contributed by atoms with E-state index in [1.165, 1.54) is 29.9 Å². The van der Waals surface area contributed by atoms with Crippen molar-refractivity contribution >= 4 is 5.69 Å². The van der Waals surface area contributed by atoms with E-state index >= 15 is 0 Å². The second kappa shape index (κ2) is 4.84. The molecule has 2 heteroatoms. The summed E-state index contributed by atoms with van der Waals surface area (Å²) < 4.78 is 0. The minimum Gasteiger partial charge on any atom is -0.371 e. The molecule has 0 bridgehead atoms. The Labute approximate surface area is 133 Å². The van der Waals surface area contributed by atoms with Crippen LogP contribution in [0.15, 0.2) is 48.8 Å². The number of hydrogen-bond donors (Lipinski definition) is 0. The first-order chi connectivity index (χ1) is 10.5. The number of aromatic nitrogens is 1. The number of hydrogen-bond acceptors (Lipinski definition) is 2. The van der Waals surface area contributed by atoms with Crippen molar-refractivity contribution in [3.63, 3.8) is 0 Å². The van der Waals surface area contributed by atoms with Gasteiger partial charge in [-0.15, -0.1) is 0 Å². The fourth-order valence-corrected chi connectivity index (χ4v) is 4.45. The lowest BCUT2D eigenvalue weighted by molar-refractivity contribution is 0.309. The Bertz CT molecular complexity index is 660. The number of rotatable bonds is 2. The van der Waals surface area contributed by atoms with Gasteiger partial charge in [0, 0.05) is 31.2 Å². The van der Waals surface area contributed by atoms with Gasteiger partial charge in [0.15, 0.2) is 0 Å². The molecule has 1 aliphatic carbocycles. The molecule has 0 amide bonds. The second-order valence-corrected chi connectivity index (χ2v) is 7.91. The average Bonchev–Trinajstić information content (AvgIpc) is 3.06. The summed E-state index contributed by atoms with van der Waals surface area (Å²) in [5, 5.41) is 0. The standard InChI is InChI=1S/C20H24N2/c1-20(2,3)19-17-12-22(13-18(17)19)16-6-4-5-15(11-16)14-7-9-21-10-8-14/h4-11,17-19H,12-13H2,1-3H3. The number of piperidine rings is 1. The zero-order valence-corrected chi connectivity index (χ0v) is 13.7. The molecule has 0 spiro atoms. The van der Waals surface area contributed by atoms with Crippen LogP contribution in [-0.4, -0.2) is 18.1 Å². The fraction of sp³-hybridized carbons (Fsp3) is 0.450. The maximum Gasteiger partial charge on any atom is 0.0372 e. The van der Waals surface area contributed by atoms with Gasteiger partial charge < -0.3 is 4.90 Å². The quantitative estimate of drug-likeness (QED) is 0.811. The summed E-state index contributed by atoms with van der Waals surface area (Å²) in [7, 11) is 0. The minimum atomic E-state index is 0.473. The highest BCUT2D eigenvalue weighted by atomic mass is 15.2. The van der Waals surface area contributed by atoms with Gasteiger partial charge in [0.25, 0.3) is 0 Å². The zero-order chi connectivity index (χ0) is 15.3. The minimum absolute atomic E-state index is 0.473. The maximum absolute atomic E-state index is 4.11. The Morgan fingerprint density at radius 1 is 0.955 bits per heavy atom. The SMILES string of the molecule is CC(C)(C)C1C2CN(c3cccc(-c4ccncc4)c3)CC21. The van der Waals surface area contributed by atoms with Crippen LogP contribution in [0, 0.1) is 23.2 Å². The molecule has 2 atom stereocenters. The summed E-state index contributed by atoms with van der Waals surface area (Å²) in [5.74, 6) is 2.74. The van der Waals surface area contributed by atoms with Gasteiger partial charge in [0.1, 0.15) is 0 Å². The average molecular weight is 292 g/mol. The lowest BCUT2D eigenvalue weighted by Gasteiger charge is -2.27. The molecule has 1 aliphatic heterocycles. The van der Waals surface area contributed by atoms with Crippen LogP contribution < -0.4 is 4.90 Å². The van der Waals surface area contributed by atoms with E-state index in [4.69, 9.17) is 0 Å². The number of pyridine rings is 1. The van der Waals surface area contributed by atoms with Crippen molar-refractivity contribution in [3.8, 4) is 11.1 Å². The van der Waals surface area contributed by atoms with Gasteiger partial charge in [-0.3, -0.25) is 4.98 Å². The molecular weight excluding hydrogens is 268 g/mol. The Kier molecular flexibility index (Phi) is 3.04. The van der Waals surface area contributed by atoms with Crippen molar-refractivity contribution in [3.05, 3.63) is 48.8 Å². The predicted octanol–water partition coefficient (Wildman–Crippen LogP) is 4.48. The van der Waals surface area contributed by atoms with Crippen LogP contribution >= 0.6 is 0 Å². The van der Waals surface area contributed by atoms with Crippen molar-refractivity contribution in [1.82, 2.24) is 4.98 Å². The molecule has 0 radical (unpaired) electrons. The first kappa shape index (κ1) is 13.8. The van der Waals surface area contributed by atoms with Crippen molar-refractivity contribution in [2.75, 3.05) is 18.0 Å². The summed E-state index contributed by atoms with van der Waals surface area (Å²) in [5.41, 5.74) is 4.37.